The van der Waals surface area contributed by atoms with E-state index in [1.54, 1.807) is 11.9 Å². The van der Waals surface area contributed by atoms with E-state index in [-0.39, 0.29) is 6.03 Å². The molecule has 88 valence electrons. The molecule has 0 aliphatic heterocycles. The van der Waals surface area contributed by atoms with Gasteiger partial charge in [-0.2, -0.15) is 0 Å². The van der Waals surface area contributed by atoms with Crippen LogP contribution in [0, 0.1) is 6.92 Å². The third-order valence-electron chi connectivity index (χ3n) is 2.24. The highest BCUT2D eigenvalue weighted by Gasteiger charge is 2.12. The Morgan fingerprint density at radius 2 is 1.88 bits per heavy atom. The van der Waals surface area contributed by atoms with Crippen LogP contribution in [0.2, 0.25) is 0 Å². The number of hydrogen-bond donors (Lipinski definition) is 1. The number of nitrogens with one attached hydrogen (secondary N) is 1. The Hall–Kier alpha value is -0.550. The van der Waals surface area contributed by atoms with Crippen LogP contribution in [0.5, 0.6) is 0 Å². The zero-order valence-electron chi connectivity index (χ0n) is 9.47. The van der Waals surface area contributed by atoms with Gasteiger partial charge in [-0.1, -0.05) is 0 Å². The fourth-order valence-corrected chi connectivity index (χ4v) is 2.78. The lowest BCUT2D eigenvalue weighted by Crippen LogP contribution is -2.31. The first kappa shape index (κ1) is 13.5. The van der Waals surface area contributed by atoms with Crippen molar-refractivity contribution in [3.05, 3.63) is 26.6 Å². The smallest absolute Gasteiger partial charge is 0.321 e. The molecule has 3 nitrogen and oxygen atoms in total. The monoisotopic (exact) mass is 348 g/mol. The average Bonchev–Trinajstić information content (AvgIpc) is 2.21. The van der Waals surface area contributed by atoms with Crippen LogP contribution in [0.15, 0.2) is 21.1 Å². The number of urea groups is 1. The van der Waals surface area contributed by atoms with Crippen molar-refractivity contribution in [2.45, 2.75) is 13.8 Å². The number of benzene rings is 1. The predicted octanol–water partition coefficient (Wildman–Crippen LogP) is 4.00. The fraction of sp³-hybridized carbons (Fsp3) is 0.364. The SMILES string of the molecule is CCN(C)C(=O)Nc1c(Br)cc(C)cc1Br. The molecule has 1 rings (SSSR count). The number of aryl methyl sites for hydroxylation is 1. The summed E-state index contributed by atoms with van der Waals surface area (Å²) >= 11 is 6.87. The number of anilines is 1. The summed E-state index contributed by atoms with van der Waals surface area (Å²) in [4.78, 5) is 13.3. The van der Waals surface area contributed by atoms with E-state index in [4.69, 9.17) is 0 Å². The number of halogens is 2. The summed E-state index contributed by atoms with van der Waals surface area (Å²) in [7, 11) is 1.76. The van der Waals surface area contributed by atoms with E-state index < -0.39 is 0 Å². The normalized spacial score (nSPS) is 10.1. The lowest BCUT2D eigenvalue weighted by atomic mass is 10.2. The molecule has 1 N–H and O–H groups in total. The molecule has 5 heteroatoms. The summed E-state index contributed by atoms with van der Waals surface area (Å²) in [6.07, 6.45) is 0. The van der Waals surface area contributed by atoms with Crippen molar-refractivity contribution in [3.63, 3.8) is 0 Å². The summed E-state index contributed by atoms with van der Waals surface area (Å²) in [6, 6.07) is 3.81. The van der Waals surface area contributed by atoms with E-state index in [1.807, 2.05) is 26.0 Å². The van der Waals surface area contributed by atoms with Crippen molar-refractivity contribution in [2.75, 3.05) is 18.9 Å². The first-order valence-corrected chi connectivity index (χ1v) is 6.52. The average molecular weight is 350 g/mol. The minimum absolute atomic E-state index is 0.118. The highest BCUT2D eigenvalue weighted by atomic mass is 79.9. The van der Waals surface area contributed by atoms with Crippen molar-refractivity contribution in [1.29, 1.82) is 0 Å². The topological polar surface area (TPSA) is 32.3 Å². The van der Waals surface area contributed by atoms with E-state index in [2.05, 4.69) is 37.2 Å². The lowest BCUT2D eigenvalue weighted by molar-refractivity contribution is 0.224. The summed E-state index contributed by atoms with van der Waals surface area (Å²) in [6.45, 7) is 4.60. The highest BCUT2D eigenvalue weighted by Crippen LogP contribution is 2.32. The van der Waals surface area contributed by atoms with Gasteiger partial charge in [-0.05, 0) is 63.4 Å². The maximum atomic E-state index is 11.7. The fourth-order valence-electron chi connectivity index (χ4n) is 1.17. The number of carbonyl (C=O) groups is 1. The molecule has 0 radical (unpaired) electrons. The van der Waals surface area contributed by atoms with E-state index in [0.29, 0.717) is 6.54 Å². The van der Waals surface area contributed by atoms with Gasteiger partial charge in [0, 0.05) is 22.5 Å². The third-order valence-corrected chi connectivity index (χ3v) is 3.49. The minimum atomic E-state index is -0.118. The number of hydrogen-bond acceptors (Lipinski definition) is 1. The minimum Gasteiger partial charge on any atom is -0.328 e. The van der Waals surface area contributed by atoms with Crippen molar-refractivity contribution >= 4 is 43.6 Å². The molecular weight excluding hydrogens is 336 g/mol. The Labute approximate surface area is 112 Å². The summed E-state index contributed by atoms with van der Waals surface area (Å²) in [5.41, 5.74) is 1.89. The molecule has 0 saturated carbocycles. The van der Waals surface area contributed by atoms with Crippen LogP contribution in [-0.2, 0) is 0 Å². The Morgan fingerprint density at radius 3 is 2.31 bits per heavy atom. The first-order valence-electron chi connectivity index (χ1n) is 4.93. The first-order chi connectivity index (χ1) is 7.45. The van der Waals surface area contributed by atoms with Crippen LogP contribution in [0.4, 0.5) is 10.5 Å². The van der Waals surface area contributed by atoms with Gasteiger partial charge in [-0.3, -0.25) is 0 Å². The Bertz CT molecular complexity index is 384. The number of amides is 2. The van der Waals surface area contributed by atoms with Gasteiger partial charge in [0.2, 0.25) is 0 Å². The van der Waals surface area contributed by atoms with Crippen LogP contribution in [0.3, 0.4) is 0 Å². The Morgan fingerprint density at radius 1 is 1.38 bits per heavy atom. The second kappa shape index (κ2) is 5.68. The Kier molecular flexibility index (Phi) is 4.80. The van der Waals surface area contributed by atoms with Crippen LogP contribution >= 0.6 is 31.9 Å². The second-order valence-corrected chi connectivity index (χ2v) is 5.26. The van der Waals surface area contributed by atoms with Gasteiger partial charge in [-0.15, -0.1) is 0 Å². The number of carbonyl (C=O) groups excluding carboxylic acids is 1. The molecule has 0 aliphatic rings. The zero-order valence-corrected chi connectivity index (χ0v) is 12.6. The standard InChI is InChI=1S/C11H14Br2N2O/c1-4-15(3)11(16)14-10-8(12)5-7(2)6-9(10)13/h5-6H,4H2,1-3H3,(H,14,16). The molecule has 0 aliphatic carbocycles. The van der Waals surface area contributed by atoms with Crippen LogP contribution in [-0.4, -0.2) is 24.5 Å². The van der Waals surface area contributed by atoms with Crippen molar-refractivity contribution < 1.29 is 4.79 Å². The van der Waals surface area contributed by atoms with Crippen LogP contribution in [0.1, 0.15) is 12.5 Å². The van der Waals surface area contributed by atoms with Gasteiger partial charge < -0.3 is 10.2 Å². The maximum Gasteiger partial charge on any atom is 0.321 e. The second-order valence-electron chi connectivity index (χ2n) is 3.55. The molecule has 0 unspecified atom stereocenters. The number of nitrogens with zero attached hydrogens (tertiary/aromatic N) is 1. The maximum absolute atomic E-state index is 11.7. The van der Waals surface area contributed by atoms with Crippen molar-refractivity contribution in [2.24, 2.45) is 0 Å². The molecule has 0 fully saturated rings. The van der Waals surface area contributed by atoms with Crippen LogP contribution in [0.25, 0.3) is 0 Å². The number of rotatable bonds is 2. The summed E-state index contributed by atoms with van der Waals surface area (Å²) in [5, 5.41) is 2.85. The molecule has 0 aromatic heterocycles. The largest absolute Gasteiger partial charge is 0.328 e. The Balaban J connectivity index is 2.93. The molecule has 1 aromatic carbocycles. The summed E-state index contributed by atoms with van der Waals surface area (Å²) < 4.78 is 1.74. The molecule has 0 saturated heterocycles. The molecular formula is C11H14Br2N2O. The molecule has 0 heterocycles. The van der Waals surface area contributed by atoms with Gasteiger partial charge in [0.1, 0.15) is 0 Å². The molecule has 1 aromatic rings. The zero-order chi connectivity index (χ0) is 12.3. The van der Waals surface area contributed by atoms with Gasteiger partial charge >= 0.3 is 6.03 Å². The van der Waals surface area contributed by atoms with Gasteiger partial charge in [-0.25, -0.2) is 4.79 Å². The molecule has 0 spiro atoms. The van der Waals surface area contributed by atoms with E-state index in [1.165, 1.54) is 0 Å². The van der Waals surface area contributed by atoms with E-state index in [9.17, 15) is 4.79 Å². The lowest BCUT2D eigenvalue weighted by Gasteiger charge is -2.17. The van der Waals surface area contributed by atoms with Crippen molar-refractivity contribution in [3.8, 4) is 0 Å². The van der Waals surface area contributed by atoms with Crippen LogP contribution < -0.4 is 5.32 Å². The van der Waals surface area contributed by atoms with Gasteiger partial charge in [0.25, 0.3) is 0 Å². The van der Waals surface area contributed by atoms with Gasteiger partial charge in [0.15, 0.2) is 0 Å². The van der Waals surface area contributed by atoms with E-state index >= 15 is 0 Å². The van der Waals surface area contributed by atoms with Gasteiger partial charge in [0.05, 0.1) is 5.69 Å². The molecule has 0 bridgehead atoms. The quantitative estimate of drug-likeness (QED) is 0.859. The highest BCUT2D eigenvalue weighted by molar-refractivity contribution is 9.11. The molecule has 2 amide bonds. The predicted molar refractivity (Wildman–Crippen MR) is 73.9 cm³/mol. The summed E-state index contributed by atoms with van der Waals surface area (Å²) in [5.74, 6) is 0. The molecule has 0 atom stereocenters. The molecule has 16 heavy (non-hydrogen) atoms. The van der Waals surface area contributed by atoms with E-state index in [0.717, 1.165) is 20.2 Å². The third kappa shape index (κ3) is 3.22. The van der Waals surface area contributed by atoms with Crippen molar-refractivity contribution in [1.82, 2.24) is 4.90 Å².